The van der Waals surface area contributed by atoms with Crippen molar-refractivity contribution in [2.75, 3.05) is 5.75 Å². The lowest BCUT2D eigenvalue weighted by atomic mass is 10.2. The number of amides is 1. The normalized spacial score (nSPS) is 11.0. The summed E-state index contributed by atoms with van der Waals surface area (Å²) in [4.78, 5) is 16.4. The van der Waals surface area contributed by atoms with Crippen LogP contribution in [0, 0.1) is 0 Å². The summed E-state index contributed by atoms with van der Waals surface area (Å²) in [5.74, 6) is 0.0808. The third kappa shape index (κ3) is 5.67. The molecule has 0 bridgehead atoms. The smallest absolute Gasteiger partial charge is 0.250 e. The molecule has 1 amide bonds. The molecule has 0 radical (unpaired) electrons. The highest BCUT2D eigenvalue weighted by Gasteiger charge is 2.07. The average Bonchev–Trinajstić information content (AvgIpc) is 3.11. The number of carbonyl (C=O) groups excluding carboxylic acids is 1. The van der Waals surface area contributed by atoms with Crippen molar-refractivity contribution in [3.8, 4) is 11.3 Å². The second kappa shape index (κ2) is 9.32. The number of rotatable bonds is 6. The molecule has 0 fully saturated rings. The standard InChI is InChI=1S/C18H13BrClN3OS2/c19-14-5-1-12(2-6-14)9-21-23-17(24)11-26-18-22-16(10-25-18)13-3-7-15(20)8-4-13/h1-10H,11H2,(H,23,24)/b21-9+. The number of benzene rings is 2. The summed E-state index contributed by atoms with van der Waals surface area (Å²) in [7, 11) is 0. The molecule has 1 N–H and O–H groups in total. The van der Waals surface area contributed by atoms with E-state index in [9.17, 15) is 4.79 Å². The van der Waals surface area contributed by atoms with Gasteiger partial charge in [-0.3, -0.25) is 4.79 Å². The van der Waals surface area contributed by atoms with Gasteiger partial charge < -0.3 is 0 Å². The Morgan fingerprint density at radius 1 is 1.23 bits per heavy atom. The molecule has 0 aliphatic rings. The summed E-state index contributed by atoms with van der Waals surface area (Å²) >= 11 is 12.2. The quantitative estimate of drug-likeness (QED) is 0.298. The van der Waals surface area contributed by atoms with Crippen LogP contribution in [0.5, 0.6) is 0 Å². The fraction of sp³-hybridized carbons (Fsp3) is 0.0556. The Balaban J connectivity index is 1.48. The van der Waals surface area contributed by atoms with Gasteiger partial charge in [-0.1, -0.05) is 63.6 Å². The Hall–Kier alpha value is -1.67. The lowest BCUT2D eigenvalue weighted by molar-refractivity contribution is -0.118. The summed E-state index contributed by atoms with van der Waals surface area (Å²) in [5.41, 5.74) is 5.31. The summed E-state index contributed by atoms with van der Waals surface area (Å²) in [6, 6.07) is 15.2. The molecule has 3 rings (SSSR count). The van der Waals surface area contributed by atoms with E-state index < -0.39 is 0 Å². The zero-order valence-corrected chi connectivity index (χ0v) is 17.3. The van der Waals surface area contributed by atoms with Crippen LogP contribution < -0.4 is 5.43 Å². The number of halogens is 2. The highest BCUT2D eigenvalue weighted by Crippen LogP contribution is 2.28. The number of hydrazone groups is 1. The first-order valence-corrected chi connectivity index (χ1v) is 10.6. The predicted octanol–water partition coefficient (Wildman–Crippen LogP) is 5.47. The van der Waals surface area contributed by atoms with E-state index in [0.29, 0.717) is 5.02 Å². The third-order valence-corrected chi connectivity index (χ3v) is 6.02. The van der Waals surface area contributed by atoms with Crippen LogP contribution in [-0.4, -0.2) is 22.9 Å². The number of nitrogens with zero attached hydrogens (tertiary/aromatic N) is 2. The average molecular weight is 467 g/mol. The molecule has 0 aliphatic heterocycles. The van der Waals surface area contributed by atoms with E-state index in [1.807, 2.05) is 53.9 Å². The molecule has 1 heterocycles. The van der Waals surface area contributed by atoms with E-state index in [1.54, 1.807) is 6.21 Å². The van der Waals surface area contributed by atoms with Gasteiger partial charge in [0.15, 0.2) is 4.34 Å². The van der Waals surface area contributed by atoms with Gasteiger partial charge in [0.05, 0.1) is 17.7 Å². The molecular weight excluding hydrogens is 454 g/mol. The Morgan fingerprint density at radius 2 is 1.96 bits per heavy atom. The maximum atomic E-state index is 11.9. The first-order valence-electron chi connectivity index (χ1n) is 7.52. The molecule has 26 heavy (non-hydrogen) atoms. The van der Waals surface area contributed by atoms with Gasteiger partial charge in [-0.2, -0.15) is 5.10 Å². The number of thiazole rings is 1. The summed E-state index contributed by atoms with van der Waals surface area (Å²) in [5, 5.41) is 6.62. The summed E-state index contributed by atoms with van der Waals surface area (Å²) in [6.07, 6.45) is 1.61. The lowest BCUT2D eigenvalue weighted by Gasteiger charge is -1.98. The molecule has 0 unspecified atom stereocenters. The summed E-state index contributed by atoms with van der Waals surface area (Å²) < 4.78 is 1.83. The monoisotopic (exact) mass is 465 g/mol. The van der Waals surface area contributed by atoms with E-state index in [2.05, 4.69) is 31.4 Å². The van der Waals surface area contributed by atoms with Crippen molar-refractivity contribution >= 4 is 62.8 Å². The van der Waals surface area contributed by atoms with E-state index in [-0.39, 0.29) is 11.7 Å². The van der Waals surface area contributed by atoms with Crippen molar-refractivity contribution in [1.82, 2.24) is 10.4 Å². The predicted molar refractivity (Wildman–Crippen MR) is 113 cm³/mol. The topological polar surface area (TPSA) is 54.4 Å². The molecule has 8 heteroatoms. The van der Waals surface area contributed by atoms with Crippen LogP contribution in [0.25, 0.3) is 11.3 Å². The zero-order valence-electron chi connectivity index (χ0n) is 13.4. The van der Waals surface area contributed by atoms with Gasteiger partial charge in [0.25, 0.3) is 5.91 Å². The molecular formula is C18H13BrClN3OS2. The van der Waals surface area contributed by atoms with Crippen molar-refractivity contribution in [1.29, 1.82) is 0 Å². The minimum Gasteiger partial charge on any atom is -0.272 e. The zero-order chi connectivity index (χ0) is 18.4. The van der Waals surface area contributed by atoms with E-state index in [4.69, 9.17) is 11.6 Å². The molecule has 0 aliphatic carbocycles. The van der Waals surface area contributed by atoms with E-state index in [1.165, 1.54) is 23.1 Å². The van der Waals surface area contributed by atoms with E-state index in [0.717, 1.165) is 25.6 Å². The van der Waals surface area contributed by atoms with Crippen LogP contribution in [0.1, 0.15) is 5.56 Å². The second-order valence-electron chi connectivity index (χ2n) is 5.14. The van der Waals surface area contributed by atoms with Crippen LogP contribution in [-0.2, 0) is 4.79 Å². The van der Waals surface area contributed by atoms with Crippen LogP contribution in [0.15, 0.2) is 67.8 Å². The molecule has 1 aromatic heterocycles. The lowest BCUT2D eigenvalue weighted by Crippen LogP contribution is -2.19. The van der Waals surface area contributed by atoms with Crippen molar-refractivity contribution in [3.05, 3.63) is 69.0 Å². The maximum Gasteiger partial charge on any atom is 0.250 e. The molecule has 0 saturated carbocycles. The fourth-order valence-corrected chi connectivity index (χ4v) is 3.98. The van der Waals surface area contributed by atoms with Crippen LogP contribution >= 0.6 is 50.6 Å². The minimum absolute atomic E-state index is 0.174. The largest absolute Gasteiger partial charge is 0.272 e. The van der Waals surface area contributed by atoms with Crippen molar-refractivity contribution in [3.63, 3.8) is 0 Å². The molecule has 3 aromatic rings. The van der Waals surface area contributed by atoms with E-state index >= 15 is 0 Å². The Labute approximate surface area is 172 Å². The van der Waals surface area contributed by atoms with Gasteiger partial charge in [-0.15, -0.1) is 11.3 Å². The third-order valence-electron chi connectivity index (χ3n) is 3.22. The highest BCUT2D eigenvalue weighted by molar-refractivity contribution is 9.10. The number of hydrogen-bond donors (Lipinski definition) is 1. The molecule has 132 valence electrons. The molecule has 2 aromatic carbocycles. The van der Waals surface area contributed by atoms with Gasteiger partial charge in [-0.05, 0) is 29.8 Å². The second-order valence-corrected chi connectivity index (χ2v) is 8.57. The number of carbonyl (C=O) groups is 1. The van der Waals surface area contributed by atoms with Gasteiger partial charge in [0.2, 0.25) is 0 Å². The molecule has 4 nitrogen and oxygen atoms in total. The van der Waals surface area contributed by atoms with Crippen molar-refractivity contribution in [2.45, 2.75) is 4.34 Å². The first-order chi connectivity index (χ1) is 12.6. The molecule has 0 spiro atoms. The van der Waals surface area contributed by atoms with Crippen LogP contribution in [0.4, 0.5) is 0 Å². The number of nitrogens with one attached hydrogen (secondary N) is 1. The molecule has 0 atom stereocenters. The fourth-order valence-electron chi connectivity index (χ4n) is 1.96. The first kappa shape index (κ1) is 19.1. The maximum absolute atomic E-state index is 11.9. The Morgan fingerprint density at radius 3 is 2.69 bits per heavy atom. The summed E-state index contributed by atoms with van der Waals surface area (Å²) in [6.45, 7) is 0. The number of thioether (sulfide) groups is 1. The Bertz CT molecular complexity index is 911. The number of aromatic nitrogens is 1. The van der Waals surface area contributed by atoms with Crippen molar-refractivity contribution < 1.29 is 4.79 Å². The van der Waals surface area contributed by atoms with Gasteiger partial charge in [0, 0.05) is 20.4 Å². The molecule has 0 saturated heterocycles. The van der Waals surface area contributed by atoms with Crippen LogP contribution in [0.3, 0.4) is 0 Å². The SMILES string of the molecule is O=C(CSc1nc(-c2ccc(Cl)cc2)cs1)N/N=C/c1ccc(Br)cc1. The van der Waals surface area contributed by atoms with Crippen molar-refractivity contribution in [2.24, 2.45) is 5.10 Å². The Kier molecular flexibility index (Phi) is 6.85. The van der Waals surface area contributed by atoms with Gasteiger partial charge in [-0.25, -0.2) is 10.4 Å². The van der Waals surface area contributed by atoms with Gasteiger partial charge >= 0.3 is 0 Å². The number of hydrogen-bond acceptors (Lipinski definition) is 5. The van der Waals surface area contributed by atoms with Crippen LogP contribution in [0.2, 0.25) is 5.02 Å². The highest BCUT2D eigenvalue weighted by atomic mass is 79.9. The van der Waals surface area contributed by atoms with Gasteiger partial charge in [0.1, 0.15) is 0 Å². The minimum atomic E-state index is -0.174.